The third-order valence-electron chi connectivity index (χ3n) is 2.61. The summed E-state index contributed by atoms with van der Waals surface area (Å²) in [6, 6.07) is 2.30. The van der Waals surface area contributed by atoms with E-state index in [0.717, 1.165) is 32.4 Å². The van der Waals surface area contributed by atoms with Crippen LogP contribution >= 0.6 is 0 Å². The molecule has 0 aliphatic carbocycles. The van der Waals surface area contributed by atoms with Gasteiger partial charge in [-0.3, -0.25) is 4.79 Å². The summed E-state index contributed by atoms with van der Waals surface area (Å²) in [5, 5.41) is 14.8. The molecule has 0 spiro atoms. The van der Waals surface area contributed by atoms with Crippen molar-refractivity contribution in [2.45, 2.75) is 46.5 Å². The average molecular weight is 239 g/mol. The van der Waals surface area contributed by atoms with Gasteiger partial charge in [0.2, 0.25) is 5.91 Å². The molecule has 98 valence electrons. The van der Waals surface area contributed by atoms with Crippen LogP contribution in [0.1, 0.15) is 46.5 Å². The predicted octanol–water partition coefficient (Wildman–Crippen LogP) is 1.82. The normalized spacial score (nSPS) is 10.9. The van der Waals surface area contributed by atoms with Gasteiger partial charge in [-0.1, -0.05) is 6.42 Å². The zero-order valence-electron chi connectivity index (χ0n) is 11.3. The third-order valence-corrected chi connectivity index (χ3v) is 2.61. The SMILES string of the molecule is CCNC(=O)CCNCCCCC(C)(C)C#N. The molecule has 0 bridgehead atoms. The lowest BCUT2D eigenvalue weighted by molar-refractivity contribution is -0.120. The Balaban J connectivity index is 3.31. The molecule has 0 heterocycles. The van der Waals surface area contributed by atoms with E-state index in [2.05, 4.69) is 16.7 Å². The summed E-state index contributed by atoms with van der Waals surface area (Å²) >= 11 is 0. The van der Waals surface area contributed by atoms with Crippen molar-refractivity contribution in [1.82, 2.24) is 10.6 Å². The lowest BCUT2D eigenvalue weighted by Gasteiger charge is -2.14. The van der Waals surface area contributed by atoms with Crippen molar-refractivity contribution in [2.24, 2.45) is 5.41 Å². The maximum absolute atomic E-state index is 11.1. The second-order valence-electron chi connectivity index (χ2n) is 4.91. The highest BCUT2D eigenvalue weighted by atomic mass is 16.1. The molecule has 0 aliphatic rings. The smallest absolute Gasteiger partial charge is 0.221 e. The molecule has 0 rings (SSSR count). The lowest BCUT2D eigenvalue weighted by Crippen LogP contribution is -2.27. The maximum Gasteiger partial charge on any atom is 0.221 e. The Bertz CT molecular complexity index is 256. The molecule has 0 saturated carbocycles. The Labute approximate surface area is 105 Å². The van der Waals surface area contributed by atoms with E-state index in [1.807, 2.05) is 20.8 Å². The molecule has 0 aliphatic heterocycles. The summed E-state index contributed by atoms with van der Waals surface area (Å²) in [6.07, 6.45) is 3.58. The largest absolute Gasteiger partial charge is 0.356 e. The first-order valence-corrected chi connectivity index (χ1v) is 6.40. The summed E-state index contributed by atoms with van der Waals surface area (Å²) in [5.74, 6) is 0.102. The van der Waals surface area contributed by atoms with Gasteiger partial charge in [-0.25, -0.2) is 0 Å². The zero-order chi connectivity index (χ0) is 13.1. The number of rotatable bonds is 9. The van der Waals surface area contributed by atoms with Crippen LogP contribution in [0.15, 0.2) is 0 Å². The minimum absolute atomic E-state index is 0.102. The van der Waals surface area contributed by atoms with Gasteiger partial charge in [-0.2, -0.15) is 5.26 Å². The monoisotopic (exact) mass is 239 g/mol. The van der Waals surface area contributed by atoms with Crippen LogP contribution in [0, 0.1) is 16.7 Å². The molecule has 4 nitrogen and oxygen atoms in total. The predicted molar refractivity (Wildman–Crippen MR) is 69.4 cm³/mol. The fraction of sp³-hybridized carbons (Fsp3) is 0.846. The van der Waals surface area contributed by atoms with Crippen LogP contribution < -0.4 is 10.6 Å². The first kappa shape index (κ1) is 15.9. The molecular weight excluding hydrogens is 214 g/mol. The van der Waals surface area contributed by atoms with Crippen LogP contribution in [0.25, 0.3) is 0 Å². The van der Waals surface area contributed by atoms with Gasteiger partial charge >= 0.3 is 0 Å². The maximum atomic E-state index is 11.1. The molecule has 0 aromatic carbocycles. The van der Waals surface area contributed by atoms with E-state index in [1.54, 1.807) is 0 Å². The van der Waals surface area contributed by atoms with E-state index in [9.17, 15) is 4.79 Å². The van der Waals surface area contributed by atoms with Crippen LogP contribution in [0.5, 0.6) is 0 Å². The van der Waals surface area contributed by atoms with Crippen LogP contribution in [-0.4, -0.2) is 25.5 Å². The van der Waals surface area contributed by atoms with E-state index in [4.69, 9.17) is 5.26 Å². The van der Waals surface area contributed by atoms with Crippen molar-refractivity contribution in [3.63, 3.8) is 0 Å². The highest BCUT2D eigenvalue weighted by Gasteiger charge is 2.15. The molecule has 0 aromatic heterocycles. The molecule has 0 radical (unpaired) electrons. The van der Waals surface area contributed by atoms with Crippen LogP contribution in [-0.2, 0) is 4.79 Å². The zero-order valence-corrected chi connectivity index (χ0v) is 11.3. The number of nitrogens with zero attached hydrogens (tertiary/aromatic N) is 1. The third kappa shape index (κ3) is 9.83. The fourth-order valence-corrected chi connectivity index (χ4v) is 1.49. The molecular formula is C13H25N3O. The minimum Gasteiger partial charge on any atom is -0.356 e. The van der Waals surface area contributed by atoms with Gasteiger partial charge in [-0.15, -0.1) is 0 Å². The van der Waals surface area contributed by atoms with Crippen molar-refractivity contribution in [3.8, 4) is 6.07 Å². The van der Waals surface area contributed by atoms with E-state index >= 15 is 0 Å². The molecule has 17 heavy (non-hydrogen) atoms. The van der Waals surface area contributed by atoms with Gasteiger partial charge in [0.15, 0.2) is 0 Å². The van der Waals surface area contributed by atoms with Gasteiger partial charge < -0.3 is 10.6 Å². The summed E-state index contributed by atoms with van der Waals surface area (Å²) in [7, 11) is 0. The first-order valence-electron chi connectivity index (χ1n) is 6.40. The Morgan fingerprint density at radius 2 is 2.00 bits per heavy atom. The number of carbonyl (C=O) groups excluding carboxylic acids is 1. The Morgan fingerprint density at radius 3 is 2.59 bits per heavy atom. The van der Waals surface area contributed by atoms with E-state index in [1.165, 1.54) is 0 Å². The van der Waals surface area contributed by atoms with Gasteiger partial charge in [0.25, 0.3) is 0 Å². The van der Waals surface area contributed by atoms with E-state index < -0.39 is 0 Å². The van der Waals surface area contributed by atoms with Crippen molar-refractivity contribution in [1.29, 1.82) is 5.26 Å². The number of unbranched alkanes of at least 4 members (excludes halogenated alkanes) is 1. The Kier molecular flexibility index (Phi) is 8.43. The minimum atomic E-state index is -0.207. The summed E-state index contributed by atoms with van der Waals surface area (Å²) in [6.45, 7) is 8.20. The highest BCUT2D eigenvalue weighted by molar-refractivity contribution is 5.75. The molecule has 0 saturated heterocycles. The molecule has 0 aromatic rings. The first-order chi connectivity index (χ1) is 8.02. The number of carbonyl (C=O) groups is 1. The topological polar surface area (TPSA) is 64.9 Å². The molecule has 2 N–H and O–H groups in total. The van der Waals surface area contributed by atoms with Gasteiger partial charge in [-0.05, 0) is 40.2 Å². The highest BCUT2D eigenvalue weighted by Crippen LogP contribution is 2.21. The van der Waals surface area contributed by atoms with Gasteiger partial charge in [0.1, 0.15) is 0 Å². The van der Waals surface area contributed by atoms with E-state index in [0.29, 0.717) is 13.0 Å². The summed E-state index contributed by atoms with van der Waals surface area (Å²) in [4.78, 5) is 11.1. The molecule has 0 unspecified atom stereocenters. The Hall–Kier alpha value is -1.08. The average Bonchev–Trinajstić information content (AvgIpc) is 2.28. The van der Waals surface area contributed by atoms with Gasteiger partial charge in [0, 0.05) is 19.5 Å². The number of amides is 1. The number of hydrogen-bond donors (Lipinski definition) is 2. The number of hydrogen-bond acceptors (Lipinski definition) is 3. The standard InChI is InChI=1S/C13H25N3O/c1-4-16-12(17)7-10-15-9-6-5-8-13(2,3)11-14/h15H,4-10H2,1-3H3,(H,16,17). The van der Waals surface area contributed by atoms with Crippen LogP contribution in [0.3, 0.4) is 0 Å². The molecule has 0 atom stereocenters. The second-order valence-corrected chi connectivity index (χ2v) is 4.91. The summed E-state index contributed by atoms with van der Waals surface area (Å²) < 4.78 is 0. The number of nitrogens with one attached hydrogen (secondary N) is 2. The fourth-order valence-electron chi connectivity index (χ4n) is 1.49. The Morgan fingerprint density at radius 1 is 1.29 bits per heavy atom. The van der Waals surface area contributed by atoms with E-state index in [-0.39, 0.29) is 11.3 Å². The van der Waals surface area contributed by atoms with Crippen LogP contribution in [0.4, 0.5) is 0 Å². The molecule has 1 amide bonds. The quantitative estimate of drug-likeness (QED) is 0.603. The number of nitriles is 1. The van der Waals surface area contributed by atoms with Gasteiger partial charge in [0.05, 0.1) is 11.5 Å². The van der Waals surface area contributed by atoms with Crippen molar-refractivity contribution in [2.75, 3.05) is 19.6 Å². The second kappa shape index (κ2) is 9.00. The lowest BCUT2D eigenvalue weighted by atomic mass is 9.89. The van der Waals surface area contributed by atoms with Crippen molar-refractivity contribution >= 4 is 5.91 Å². The van der Waals surface area contributed by atoms with Crippen molar-refractivity contribution < 1.29 is 4.79 Å². The van der Waals surface area contributed by atoms with Crippen LogP contribution in [0.2, 0.25) is 0 Å². The summed E-state index contributed by atoms with van der Waals surface area (Å²) in [5.41, 5.74) is -0.207. The molecule has 4 heteroatoms. The van der Waals surface area contributed by atoms with Crippen molar-refractivity contribution in [3.05, 3.63) is 0 Å². The molecule has 0 fully saturated rings.